The molecule has 1 aliphatic heterocycles. The molecule has 1 aromatic carbocycles. The summed E-state index contributed by atoms with van der Waals surface area (Å²) in [6.07, 6.45) is -0.361. The van der Waals surface area contributed by atoms with Gasteiger partial charge in [0.15, 0.2) is 0 Å². The molecule has 1 fully saturated rings. The van der Waals surface area contributed by atoms with E-state index in [2.05, 4.69) is 15.9 Å². The van der Waals surface area contributed by atoms with Crippen molar-refractivity contribution in [3.63, 3.8) is 0 Å². The predicted octanol–water partition coefficient (Wildman–Crippen LogP) is 1.47. The molecule has 114 valence electrons. The van der Waals surface area contributed by atoms with E-state index in [4.69, 9.17) is 4.74 Å². The monoisotopic (exact) mass is 358 g/mol. The molecule has 1 aromatic rings. The summed E-state index contributed by atoms with van der Waals surface area (Å²) in [6, 6.07) is 4.20. The Bertz CT molecular complexity index is 565. The van der Waals surface area contributed by atoms with E-state index in [0.717, 1.165) is 0 Å². The Hall–Kier alpha value is -1.51. The highest BCUT2D eigenvalue weighted by atomic mass is 79.9. The Morgan fingerprint density at radius 2 is 2.33 bits per heavy atom. The van der Waals surface area contributed by atoms with Gasteiger partial charge in [-0.25, -0.2) is 0 Å². The molecule has 0 bridgehead atoms. The van der Waals surface area contributed by atoms with Crippen LogP contribution in [0.25, 0.3) is 0 Å². The highest BCUT2D eigenvalue weighted by molar-refractivity contribution is 9.10. The van der Waals surface area contributed by atoms with Crippen molar-refractivity contribution in [2.75, 3.05) is 13.7 Å². The molecule has 0 radical (unpaired) electrons. The number of aliphatic hydroxyl groups is 1. The number of β-amino-alcohol motifs (C(OH)–C–C–N with tert-alkyl or cyclic N) is 1. The summed E-state index contributed by atoms with van der Waals surface area (Å²) >= 11 is 3.20. The molecular weight excluding hydrogens is 344 g/mol. The molecular formula is C13H15BrN2O5. The molecule has 1 heterocycles. The Morgan fingerprint density at radius 1 is 1.62 bits per heavy atom. The summed E-state index contributed by atoms with van der Waals surface area (Å²) in [4.78, 5) is 24.1. The van der Waals surface area contributed by atoms with Gasteiger partial charge in [0.05, 0.1) is 18.1 Å². The number of hydrogen-bond acceptors (Lipinski definition) is 6. The van der Waals surface area contributed by atoms with Crippen LogP contribution in [0.4, 0.5) is 5.69 Å². The highest BCUT2D eigenvalue weighted by Crippen LogP contribution is 2.28. The maximum atomic E-state index is 11.7. The van der Waals surface area contributed by atoms with Crippen molar-refractivity contribution in [3.8, 4) is 0 Å². The number of esters is 1. The molecule has 7 nitrogen and oxygen atoms in total. The third kappa shape index (κ3) is 3.58. The molecule has 0 aliphatic carbocycles. The average Bonchev–Trinajstić information content (AvgIpc) is 2.80. The van der Waals surface area contributed by atoms with Crippen molar-refractivity contribution in [1.82, 2.24) is 4.90 Å². The van der Waals surface area contributed by atoms with Gasteiger partial charge in [0, 0.05) is 35.6 Å². The zero-order valence-corrected chi connectivity index (χ0v) is 12.9. The molecule has 0 saturated carbocycles. The van der Waals surface area contributed by atoms with E-state index < -0.39 is 23.0 Å². The number of hydrogen-bond donors (Lipinski definition) is 1. The van der Waals surface area contributed by atoms with Crippen LogP contribution in [0.2, 0.25) is 0 Å². The molecule has 2 unspecified atom stereocenters. The van der Waals surface area contributed by atoms with Crippen LogP contribution >= 0.6 is 15.9 Å². The summed E-state index contributed by atoms with van der Waals surface area (Å²) in [5, 5.41) is 20.8. The summed E-state index contributed by atoms with van der Waals surface area (Å²) in [5.41, 5.74) is 0.473. The minimum atomic E-state index is -0.636. The van der Waals surface area contributed by atoms with Crippen LogP contribution in [0.15, 0.2) is 22.7 Å². The fourth-order valence-corrected chi connectivity index (χ4v) is 2.84. The lowest BCUT2D eigenvalue weighted by atomic mass is 10.1. The maximum Gasteiger partial charge on any atom is 0.323 e. The molecule has 21 heavy (non-hydrogen) atoms. The maximum absolute atomic E-state index is 11.7. The number of halogens is 1. The Labute approximate surface area is 129 Å². The first kappa shape index (κ1) is 15.9. The number of benzene rings is 1. The first-order chi connectivity index (χ1) is 9.92. The van der Waals surface area contributed by atoms with Gasteiger partial charge in [-0.05, 0) is 12.1 Å². The van der Waals surface area contributed by atoms with Crippen molar-refractivity contribution in [1.29, 1.82) is 0 Å². The number of likely N-dealkylation sites (tertiary alicyclic amines) is 1. The minimum absolute atomic E-state index is 0.0191. The van der Waals surface area contributed by atoms with Gasteiger partial charge in [0.25, 0.3) is 5.69 Å². The second-order valence-corrected chi connectivity index (χ2v) is 5.80. The number of methoxy groups -OCH3 is 1. The van der Waals surface area contributed by atoms with Crippen LogP contribution in [0.1, 0.15) is 12.0 Å². The predicted molar refractivity (Wildman–Crippen MR) is 77.6 cm³/mol. The Balaban J connectivity index is 2.24. The van der Waals surface area contributed by atoms with Gasteiger partial charge in [-0.15, -0.1) is 0 Å². The largest absolute Gasteiger partial charge is 0.468 e. The Morgan fingerprint density at radius 3 is 2.95 bits per heavy atom. The quantitative estimate of drug-likeness (QED) is 0.497. The molecule has 1 N–H and O–H groups in total. The van der Waals surface area contributed by atoms with Crippen molar-refractivity contribution in [2.45, 2.75) is 25.1 Å². The molecule has 0 aromatic heterocycles. The number of ether oxygens (including phenoxy) is 1. The van der Waals surface area contributed by atoms with E-state index >= 15 is 0 Å². The van der Waals surface area contributed by atoms with Crippen molar-refractivity contribution < 1.29 is 19.6 Å². The first-order valence-electron chi connectivity index (χ1n) is 6.35. The number of rotatable bonds is 4. The number of nitro benzene ring substituents is 1. The van der Waals surface area contributed by atoms with Crippen LogP contribution in [0.5, 0.6) is 0 Å². The topological polar surface area (TPSA) is 92.9 Å². The lowest BCUT2D eigenvalue weighted by Gasteiger charge is -2.21. The molecule has 1 aliphatic rings. The summed E-state index contributed by atoms with van der Waals surface area (Å²) in [6.45, 7) is 0.493. The molecule has 0 spiro atoms. The lowest BCUT2D eigenvalue weighted by molar-refractivity contribution is -0.385. The van der Waals surface area contributed by atoms with Gasteiger partial charge in [0.2, 0.25) is 0 Å². The van der Waals surface area contributed by atoms with Crippen LogP contribution in [0, 0.1) is 10.1 Å². The minimum Gasteiger partial charge on any atom is -0.468 e. The number of aliphatic hydroxyl groups excluding tert-OH is 1. The Kier molecular flexibility index (Phi) is 4.92. The van der Waals surface area contributed by atoms with E-state index in [0.29, 0.717) is 10.0 Å². The average molecular weight is 359 g/mol. The normalized spacial score (nSPS) is 22.2. The molecule has 2 atom stereocenters. The fourth-order valence-electron chi connectivity index (χ4n) is 2.49. The fraction of sp³-hybridized carbons (Fsp3) is 0.462. The third-order valence-electron chi connectivity index (χ3n) is 3.47. The first-order valence-corrected chi connectivity index (χ1v) is 7.14. The van der Waals surface area contributed by atoms with Crippen molar-refractivity contribution >= 4 is 27.6 Å². The van der Waals surface area contributed by atoms with Gasteiger partial charge in [-0.3, -0.25) is 19.8 Å². The standard InChI is InChI=1S/C13H15BrN2O5/c1-21-13(18)12-5-10(17)7-15(12)6-8-2-3-9(14)4-11(8)16(19)20/h2-4,10,12,17H,5-7H2,1H3. The number of nitrogens with zero attached hydrogens (tertiary/aromatic N) is 2. The third-order valence-corrected chi connectivity index (χ3v) is 3.97. The second-order valence-electron chi connectivity index (χ2n) is 4.89. The molecule has 2 rings (SSSR count). The molecule has 8 heteroatoms. The van der Waals surface area contributed by atoms with E-state index in [1.54, 1.807) is 17.0 Å². The van der Waals surface area contributed by atoms with E-state index in [9.17, 15) is 20.0 Å². The summed E-state index contributed by atoms with van der Waals surface area (Å²) < 4.78 is 5.33. The zero-order valence-electron chi connectivity index (χ0n) is 11.4. The van der Waals surface area contributed by atoms with Gasteiger partial charge in [-0.1, -0.05) is 15.9 Å². The van der Waals surface area contributed by atoms with Crippen molar-refractivity contribution in [3.05, 3.63) is 38.3 Å². The SMILES string of the molecule is COC(=O)C1CC(O)CN1Cc1ccc(Br)cc1[N+](=O)[O-]. The van der Waals surface area contributed by atoms with Crippen LogP contribution in [-0.4, -0.2) is 46.7 Å². The van der Waals surface area contributed by atoms with Crippen LogP contribution in [0.3, 0.4) is 0 Å². The second kappa shape index (κ2) is 6.50. The van der Waals surface area contributed by atoms with Gasteiger partial charge in [0.1, 0.15) is 6.04 Å². The molecule has 0 amide bonds. The van der Waals surface area contributed by atoms with E-state index in [1.165, 1.54) is 13.2 Å². The van der Waals surface area contributed by atoms with Crippen molar-refractivity contribution in [2.24, 2.45) is 0 Å². The summed E-state index contributed by atoms with van der Waals surface area (Å²) in [7, 11) is 1.29. The van der Waals surface area contributed by atoms with Gasteiger partial charge >= 0.3 is 5.97 Å². The number of nitro groups is 1. The smallest absolute Gasteiger partial charge is 0.323 e. The lowest BCUT2D eigenvalue weighted by Crippen LogP contribution is -2.36. The summed E-state index contributed by atoms with van der Waals surface area (Å²) in [5.74, 6) is -0.439. The van der Waals surface area contributed by atoms with Gasteiger partial charge in [-0.2, -0.15) is 0 Å². The van der Waals surface area contributed by atoms with E-state index in [-0.39, 0.29) is 25.2 Å². The van der Waals surface area contributed by atoms with Gasteiger partial charge < -0.3 is 9.84 Å². The van der Waals surface area contributed by atoms with Crippen LogP contribution in [-0.2, 0) is 16.1 Å². The zero-order chi connectivity index (χ0) is 15.6. The van der Waals surface area contributed by atoms with E-state index in [1.807, 2.05) is 0 Å². The van der Waals surface area contributed by atoms with Crippen LogP contribution < -0.4 is 0 Å². The number of carbonyl (C=O) groups is 1. The molecule has 1 saturated heterocycles. The number of carbonyl (C=O) groups excluding carboxylic acids is 1. The highest BCUT2D eigenvalue weighted by Gasteiger charge is 2.37.